The molecule has 4 rings (SSSR count). The summed E-state index contributed by atoms with van der Waals surface area (Å²) in [5.41, 5.74) is 3.83. The molecule has 2 heteroatoms. The summed E-state index contributed by atoms with van der Waals surface area (Å²) in [6.07, 6.45) is 2.16. The van der Waals surface area contributed by atoms with Gasteiger partial charge in [0, 0.05) is 13.1 Å². The van der Waals surface area contributed by atoms with E-state index in [2.05, 4.69) is 77.7 Å². The van der Waals surface area contributed by atoms with Gasteiger partial charge in [0.2, 0.25) is 0 Å². The zero-order valence-corrected chi connectivity index (χ0v) is 16.6. The summed E-state index contributed by atoms with van der Waals surface area (Å²) in [6, 6.07) is 32.7. The summed E-state index contributed by atoms with van der Waals surface area (Å²) in [4.78, 5) is 2.46. The van der Waals surface area contributed by atoms with Crippen molar-refractivity contribution in [1.29, 1.82) is 0 Å². The third-order valence-corrected chi connectivity index (χ3v) is 5.32. The van der Waals surface area contributed by atoms with Gasteiger partial charge in [-0.05, 0) is 65.0 Å². The number of fused-ring (bicyclic) bond motifs is 1. The van der Waals surface area contributed by atoms with Crippen LogP contribution in [-0.4, -0.2) is 11.4 Å². The number of aryl methyl sites for hydroxylation is 1. The first-order chi connectivity index (χ1) is 14.3. The number of nitrogens with zero attached hydrogens (tertiary/aromatic N) is 1. The molecule has 0 aliphatic heterocycles. The van der Waals surface area contributed by atoms with Gasteiger partial charge in [0.15, 0.2) is 0 Å². The summed E-state index contributed by atoms with van der Waals surface area (Å²) < 4.78 is 13.3. The molecule has 146 valence electrons. The molecule has 0 atom stereocenters. The monoisotopic (exact) mass is 383 g/mol. The van der Waals surface area contributed by atoms with Crippen LogP contribution in [0.1, 0.15) is 23.1 Å². The summed E-state index contributed by atoms with van der Waals surface area (Å²) in [5.74, 6) is -0.182. The Kier molecular flexibility index (Phi) is 6.33. The second kappa shape index (κ2) is 9.49. The standard InChI is InChI=1S/C27H26FN/c28-27-16-13-23(14-17-27)20-29(18-6-9-22-7-2-1-3-8-22)21-24-12-15-25-10-4-5-11-26(25)19-24/h1-5,7-8,10-17,19H,6,9,18,20-21H2. The van der Waals surface area contributed by atoms with Crippen LogP contribution in [0, 0.1) is 5.82 Å². The molecule has 1 nitrogen and oxygen atoms in total. The molecular weight excluding hydrogens is 357 g/mol. The van der Waals surface area contributed by atoms with Crippen molar-refractivity contribution in [3.63, 3.8) is 0 Å². The fourth-order valence-electron chi connectivity index (χ4n) is 3.81. The van der Waals surface area contributed by atoms with E-state index in [4.69, 9.17) is 0 Å². The molecule has 0 aliphatic carbocycles. The maximum Gasteiger partial charge on any atom is 0.123 e. The van der Waals surface area contributed by atoms with E-state index in [1.807, 2.05) is 12.1 Å². The van der Waals surface area contributed by atoms with Gasteiger partial charge >= 0.3 is 0 Å². The molecule has 29 heavy (non-hydrogen) atoms. The fraction of sp³-hybridized carbons (Fsp3) is 0.185. The third kappa shape index (κ3) is 5.52. The molecular formula is C27H26FN. The normalized spacial score (nSPS) is 11.2. The summed E-state index contributed by atoms with van der Waals surface area (Å²) in [7, 11) is 0. The molecule has 0 N–H and O–H groups in total. The van der Waals surface area contributed by atoms with E-state index >= 15 is 0 Å². The van der Waals surface area contributed by atoms with Crippen LogP contribution in [0.25, 0.3) is 10.8 Å². The smallest absolute Gasteiger partial charge is 0.123 e. The van der Waals surface area contributed by atoms with Gasteiger partial charge in [-0.25, -0.2) is 4.39 Å². The first kappa shape index (κ1) is 19.4. The van der Waals surface area contributed by atoms with E-state index in [9.17, 15) is 4.39 Å². The largest absolute Gasteiger partial charge is 0.295 e. The van der Waals surface area contributed by atoms with Gasteiger partial charge in [0.05, 0.1) is 0 Å². The molecule has 0 saturated carbocycles. The Balaban J connectivity index is 1.47. The maximum absolute atomic E-state index is 13.3. The van der Waals surface area contributed by atoms with Crippen molar-refractivity contribution in [3.8, 4) is 0 Å². The molecule has 0 unspecified atom stereocenters. The molecule has 4 aromatic carbocycles. The minimum absolute atomic E-state index is 0.182. The van der Waals surface area contributed by atoms with Crippen molar-refractivity contribution in [3.05, 3.63) is 120 Å². The lowest BCUT2D eigenvalue weighted by Gasteiger charge is -2.23. The van der Waals surface area contributed by atoms with E-state index in [1.54, 1.807) is 12.1 Å². The minimum Gasteiger partial charge on any atom is -0.295 e. The Morgan fingerprint density at radius 1 is 0.586 bits per heavy atom. The van der Waals surface area contributed by atoms with Crippen LogP contribution in [0.4, 0.5) is 4.39 Å². The Labute approximate surface area is 172 Å². The lowest BCUT2D eigenvalue weighted by molar-refractivity contribution is 0.253. The minimum atomic E-state index is -0.182. The van der Waals surface area contributed by atoms with Gasteiger partial charge < -0.3 is 0 Å². The van der Waals surface area contributed by atoms with Gasteiger partial charge in [-0.15, -0.1) is 0 Å². The quantitative estimate of drug-likeness (QED) is 0.331. The molecule has 0 aliphatic rings. The lowest BCUT2D eigenvalue weighted by atomic mass is 10.1. The van der Waals surface area contributed by atoms with Crippen LogP contribution < -0.4 is 0 Å². The van der Waals surface area contributed by atoms with Crippen LogP contribution in [0.5, 0.6) is 0 Å². The van der Waals surface area contributed by atoms with Gasteiger partial charge in [0.1, 0.15) is 5.82 Å². The highest BCUT2D eigenvalue weighted by Crippen LogP contribution is 2.18. The number of hydrogen-bond donors (Lipinski definition) is 0. The average molecular weight is 384 g/mol. The molecule has 0 spiro atoms. The molecule has 0 heterocycles. The first-order valence-corrected chi connectivity index (χ1v) is 10.2. The third-order valence-electron chi connectivity index (χ3n) is 5.32. The van der Waals surface area contributed by atoms with Crippen LogP contribution in [0.2, 0.25) is 0 Å². The predicted molar refractivity (Wildman–Crippen MR) is 119 cm³/mol. The second-order valence-electron chi connectivity index (χ2n) is 7.61. The van der Waals surface area contributed by atoms with Gasteiger partial charge in [-0.1, -0.05) is 78.9 Å². The van der Waals surface area contributed by atoms with Crippen LogP contribution in [0.15, 0.2) is 97.1 Å². The first-order valence-electron chi connectivity index (χ1n) is 10.2. The van der Waals surface area contributed by atoms with E-state index in [-0.39, 0.29) is 5.82 Å². The van der Waals surface area contributed by atoms with Gasteiger partial charge in [-0.2, -0.15) is 0 Å². The second-order valence-corrected chi connectivity index (χ2v) is 7.61. The number of rotatable bonds is 8. The van der Waals surface area contributed by atoms with Crippen LogP contribution in [-0.2, 0) is 19.5 Å². The molecule has 0 radical (unpaired) electrons. The molecule has 0 amide bonds. The van der Waals surface area contributed by atoms with Crippen molar-refractivity contribution in [2.45, 2.75) is 25.9 Å². The van der Waals surface area contributed by atoms with E-state index in [1.165, 1.54) is 21.9 Å². The predicted octanol–water partition coefficient (Wildman–Crippen LogP) is 6.61. The maximum atomic E-state index is 13.3. The molecule has 0 saturated heterocycles. The van der Waals surface area contributed by atoms with Crippen LogP contribution >= 0.6 is 0 Å². The highest BCUT2D eigenvalue weighted by molar-refractivity contribution is 5.82. The zero-order chi connectivity index (χ0) is 19.9. The summed E-state index contributed by atoms with van der Waals surface area (Å²) >= 11 is 0. The molecule has 0 aromatic heterocycles. The Hall–Kier alpha value is -2.97. The van der Waals surface area contributed by atoms with E-state index < -0.39 is 0 Å². The SMILES string of the molecule is Fc1ccc(CN(CCCc2ccccc2)Cc2ccc3ccccc3c2)cc1. The zero-order valence-electron chi connectivity index (χ0n) is 16.6. The summed E-state index contributed by atoms with van der Waals surface area (Å²) in [6.45, 7) is 2.71. The molecule has 0 bridgehead atoms. The number of benzene rings is 4. The molecule has 0 fully saturated rings. The Morgan fingerprint density at radius 3 is 2.03 bits per heavy atom. The van der Waals surface area contributed by atoms with Crippen molar-refractivity contribution in [2.75, 3.05) is 6.54 Å². The lowest BCUT2D eigenvalue weighted by Crippen LogP contribution is -2.24. The fourth-order valence-corrected chi connectivity index (χ4v) is 3.81. The Morgan fingerprint density at radius 2 is 1.24 bits per heavy atom. The van der Waals surface area contributed by atoms with Gasteiger partial charge in [0.25, 0.3) is 0 Å². The molecule has 4 aromatic rings. The highest BCUT2D eigenvalue weighted by Gasteiger charge is 2.09. The van der Waals surface area contributed by atoms with Crippen molar-refractivity contribution in [2.24, 2.45) is 0 Å². The summed E-state index contributed by atoms with van der Waals surface area (Å²) in [5, 5.41) is 2.54. The van der Waals surface area contributed by atoms with Crippen LogP contribution in [0.3, 0.4) is 0 Å². The van der Waals surface area contributed by atoms with E-state index in [0.717, 1.165) is 38.0 Å². The van der Waals surface area contributed by atoms with Crippen molar-refractivity contribution >= 4 is 10.8 Å². The Bertz CT molecular complexity index is 1040. The average Bonchev–Trinajstić information content (AvgIpc) is 2.76. The highest BCUT2D eigenvalue weighted by atomic mass is 19.1. The number of hydrogen-bond acceptors (Lipinski definition) is 1. The topological polar surface area (TPSA) is 3.24 Å². The van der Waals surface area contributed by atoms with E-state index in [0.29, 0.717) is 0 Å². The van der Waals surface area contributed by atoms with Crippen molar-refractivity contribution in [1.82, 2.24) is 4.90 Å². The van der Waals surface area contributed by atoms with Crippen molar-refractivity contribution < 1.29 is 4.39 Å². The number of halogens is 1. The van der Waals surface area contributed by atoms with Gasteiger partial charge in [-0.3, -0.25) is 4.90 Å².